The number of aliphatic hydroxyl groups excluding tert-OH is 1. The summed E-state index contributed by atoms with van der Waals surface area (Å²) < 4.78 is 25.5. The molecule has 1 aliphatic rings. The summed E-state index contributed by atoms with van der Waals surface area (Å²) in [5.74, 6) is -0.854. The molecule has 0 unspecified atom stereocenters. The lowest BCUT2D eigenvalue weighted by Gasteiger charge is -2.26. The third-order valence-corrected chi connectivity index (χ3v) is 5.99. The predicted octanol–water partition coefficient (Wildman–Crippen LogP) is 2.17. The Hall–Kier alpha value is -2.90. The molecule has 10 heteroatoms. The van der Waals surface area contributed by atoms with Crippen LogP contribution in [0.3, 0.4) is 0 Å². The second-order valence-electron chi connectivity index (χ2n) is 4.68. The summed E-state index contributed by atoms with van der Waals surface area (Å²) in [6.07, 6.45) is 1.49. The maximum absolute atomic E-state index is 12.4. The fraction of sp³-hybridized carbons (Fsp3) is 0.133. The number of fused-ring (bicyclic) bond motifs is 1. The molecule has 0 atom stereocenters. The Morgan fingerprint density at radius 2 is 2.08 bits per heavy atom. The van der Waals surface area contributed by atoms with Crippen molar-refractivity contribution < 1.29 is 18.3 Å². The van der Waals surface area contributed by atoms with Gasteiger partial charge in [-0.1, -0.05) is 6.07 Å². The number of nitriles is 1. The van der Waals surface area contributed by atoms with Crippen molar-refractivity contribution in [3.05, 3.63) is 46.4 Å². The molecule has 3 heterocycles. The van der Waals surface area contributed by atoms with Gasteiger partial charge in [-0.3, -0.25) is 9.10 Å². The number of sulfonamides is 1. The van der Waals surface area contributed by atoms with Crippen LogP contribution >= 0.6 is 11.3 Å². The van der Waals surface area contributed by atoms with E-state index in [1.807, 2.05) is 0 Å². The molecule has 0 bridgehead atoms. The fourth-order valence-corrected chi connectivity index (χ4v) is 4.62. The number of amides is 1. The van der Waals surface area contributed by atoms with Gasteiger partial charge in [0.15, 0.2) is 11.5 Å². The molecule has 0 aliphatic carbocycles. The highest BCUT2D eigenvalue weighted by molar-refractivity contribution is 7.89. The third-order valence-electron chi connectivity index (χ3n) is 3.14. The molecule has 0 fully saturated rings. The van der Waals surface area contributed by atoms with Gasteiger partial charge in [0.1, 0.15) is 10.7 Å². The molecule has 130 valence electrons. The van der Waals surface area contributed by atoms with Gasteiger partial charge in [-0.25, -0.2) is 13.4 Å². The van der Waals surface area contributed by atoms with E-state index in [4.69, 9.17) is 5.26 Å². The van der Waals surface area contributed by atoms with Gasteiger partial charge in [0.2, 0.25) is 0 Å². The van der Waals surface area contributed by atoms with Crippen molar-refractivity contribution in [3.63, 3.8) is 0 Å². The normalized spacial score (nSPS) is 14.7. The zero-order valence-corrected chi connectivity index (χ0v) is 14.9. The number of aliphatic hydroxyl groups is 1. The number of pyridine rings is 1. The summed E-state index contributed by atoms with van der Waals surface area (Å²) in [6.45, 7) is 1.43. The lowest BCUT2D eigenvalue weighted by atomic mass is 10.3. The van der Waals surface area contributed by atoms with Crippen molar-refractivity contribution in [1.29, 1.82) is 5.26 Å². The van der Waals surface area contributed by atoms with E-state index in [0.717, 1.165) is 15.6 Å². The molecule has 0 spiro atoms. The van der Waals surface area contributed by atoms with Gasteiger partial charge in [0.05, 0.1) is 10.9 Å². The van der Waals surface area contributed by atoms with Crippen molar-refractivity contribution in [2.75, 3.05) is 12.4 Å². The number of likely N-dealkylation sites (N-methyl/N-ethyl adjacent to an activating group) is 1. The number of nitrogens with one attached hydrogen (secondary N) is 1. The standard InChI is InChI=1S/C13H11N3O4S2.C2H3N/c1-16-10(13(18)15-9-4-2-3-6-14-9)11(17)12-8(5-7-21-12)22(16,19)20;1-2-3/h2-7,17H,1H3,(H,14,15,18);1H3. The topological polar surface area (TPSA) is 123 Å². The van der Waals surface area contributed by atoms with Crippen LogP contribution in [-0.4, -0.2) is 35.8 Å². The highest BCUT2D eigenvalue weighted by atomic mass is 32.2. The quantitative estimate of drug-likeness (QED) is 0.825. The molecule has 0 radical (unpaired) electrons. The Bertz CT molecular complexity index is 959. The Morgan fingerprint density at radius 3 is 2.68 bits per heavy atom. The van der Waals surface area contributed by atoms with Crippen LogP contribution in [-0.2, 0) is 14.8 Å². The number of hydrogen-bond acceptors (Lipinski definition) is 7. The van der Waals surface area contributed by atoms with E-state index in [0.29, 0.717) is 0 Å². The van der Waals surface area contributed by atoms with E-state index in [1.165, 1.54) is 26.2 Å². The van der Waals surface area contributed by atoms with Gasteiger partial charge >= 0.3 is 0 Å². The molecule has 3 rings (SSSR count). The lowest BCUT2D eigenvalue weighted by molar-refractivity contribution is -0.113. The Morgan fingerprint density at radius 1 is 1.40 bits per heavy atom. The minimum Gasteiger partial charge on any atom is -0.504 e. The summed E-state index contributed by atoms with van der Waals surface area (Å²) in [6, 6.07) is 8.07. The number of thiophene rings is 1. The van der Waals surface area contributed by atoms with Gasteiger partial charge in [0.25, 0.3) is 15.9 Å². The molecule has 1 aliphatic heterocycles. The number of aromatic nitrogens is 1. The van der Waals surface area contributed by atoms with Gasteiger partial charge in [-0.2, -0.15) is 5.26 Å². The molecular formula is C15H14N4O4S2. The van der Waals surface area contributed by atoms with Gasteiger partial charge in [-0.15, -0.1) is 11.3 Å². The van der Waals surface area contributed by atoms with Crippen molar-refractivity contribution in [3.8, 4) is 6.07 Å². The van der Waals surface area contributed by atoms with Crippen molar-refractivity contribution in [2.45, 2.75) is 11.8 Å². The average molecular weight is 378 g/mol. The zero-order chi connectivity index (χ0) is 18.6. The summed E-state index contributed by atoms with van der Waals surface area (Å²) in [4.78, 5) is 16.4. The van der Waals surface area contributed by atoms with E-state index in [9.17, 15) is 18.3 Å². The lowest BCUT2D eigenvalue weighted by Crippen LogP contribution is -2.36. The maximum atomic E-state index is 12.4. The van der Waals surface area contributed by atoms with Crippen LogP contribution in [0.4, 0.5) is 5.82 Å². The Kier molecular flexibility index (Phi) is 5.41. The van der Waals surface area contributed by atoms with Gasteiger partial charge in [-0.05, 0) is 23.6 Å². The van der Waals surface area contributed by atoms with Crippen LogP contribution in [0.5, 0.6) is 0 Å². The Labute approximate surface area is 148 Å². The second kappa shape index (κ2) is 7.33. The van der Waals surface area contributed by atoms with E-state index in [2.05, 4.69) is 10.3 Å². The van der Waals surface area contributed by atoms with Crippen molar-refractivity contribution in [1.82, 2.24) is 9.29 Å². The third kappa shape index (κ3) is 3.47. The van der Waals surface area contributed by atoms with Crippen molar-refractivity contribution in [2.24, 2.45) is 0 Å². The molecule has 0 saturated heterocycles. The number of carbonyl (C=O) groups is 1. The largest absolute Gasteiger partial charge is 0.504 e. The molecular weight excluding hydrogens is 364 g/mol. The van der Waals surface area contributed by atoms with E-state index < -0.39 is 15.9 Å². The van der Waals surface area contributed by atoms with Crippen LogP contribution in [0.2, 0.25) is 0 Å². The van der Waals surface area contributed by atoms with Gasteiger partial charge in [0, 0.05) is 20.2 Å². The smallest absolute Gasteiger partial charge is 0.278 e. The number of anilines is 1. The predicted molar refractivity (Wildman–Crippen MR) is 93.0 cm³/mol. The number of hydrogen-bond donors (Lipinski definition) is 2. The number of nitrogens with zero attached hydrogens (tertiary/aromatic N) is 3. The highest BCUT2D eigenvalue weighted by Crippen LogP contribution is 2.38. The van der Waals surface area contributed by atoms with Crippen LogP contribution in [0.15, 0.2) is 46.4 Å². The summed E-state index contributed by atoms with van der Waals surface area (Å²) in [5, 5.41) is 21.6. The van der Waals surface area contributed by atoms with Crippen LogP contribution in [0.1, 0.15) is 11.8 Å². The van der Waals surface area contributed by atoms with Crippen LogP contribution in [0.25, 0.3) is 5.76 Å². The second-order valence-corrected chi connectivity index (χ2v) is 7.53. The molecule has 2 aromatic heterocycles. The minimum absolute atomic E-state index is 0.00751. The van der Waals surface area contributed by atoms with Gasteiger partial charge < -0.3 is 10.4 Å². The van der Waals surface area contributed by atoms with Crippen LogP contribution < -0.4 is 5.32 Å². The van der Waals surface area contributed by atoms with E-state index in [1.54, 1.807) is 29.6 Å². The fourth-order valence-electron chi connectivity index (χ4n) is 2.06. The molecule has 2 N–H and O–H groups in total. The first-order valence-electron chi connectivity index (χ1n) is 6.87. The average Bonchev–Trinajstić information content (AvgIpc) is 3.06. The molecule has 8 nitrogen and oxygen atoms in total. The number of carbonyl (C=O) groups excluding carboxylic acids is 1. The first-order chi connectivity index (χ1) is 11.8. The summed E-state index contributed by atoms with van der Waals surface area (Å²) in [5.41, 5.74) is -0.333. The Balaban J connectivity index is 0.000000701. The SMILES string of the molecule is CC#N.CN1C(C(=O)Nc2ccccn2)=C(O)c2sccc2S1(=O)=O. The number of rotatable bonds is 2. The summed E-state index contributed by atoms with van der Waals surface area (Å²) >= 11 is 1.06. The first-order valence-corrected chi connectivity index (χ1v) is 9.19. The molecule has 1 amide bonds. The maximum Gasteiger partial charge on any atom is 0.278 e. The monoisotopic (exact) mass is 378 g/mol. The zero-order valence-electron chi connectivity index (χ0n) is 13.3. The van der Waals surface area contributed by atoms with E-state index >= 15 is 0 Å². The molecule has 0 saturated carbocycles. The molecule has 0 aromatic carbocycles. The van der Waals surface area contributed by atoms with Crippen LogP contribution in [0, 0.1) is 11.3 Å². The molecule has 25 heavy (non-hydrogen) atoms. The minimum atomic E-state index is -3.85. The summed E-state index contributed by atoms with van der Waals surface area (Å²) in [7, 11) is -2.63. The molecule has 2 aromatic rings. The van der Waals surface area contributed by atoms with Crippen molar-refractivity contribution >= 4 is 38.8 Å². The first kappa shape index (κ1) is 18.4. The highest BCUT2D eigenvalue weighted by Gasteiger charge is 2.38. The van der Waals surface area contributed by atoms with E-state index in [-0.39, 0.29) is 27.0 Å².